The first-order valence-corrected chi connectivity index (χ1v) is 42.1. The summed E-state index contributed by atoms with van der Waals surface area (Å²) in [5, 5.41) is 23.5. The van der Waals surface area contributed by atoms with E-state index in [1.807, 2.05) is 350 Å². The molecule has 0 aliphatic carbocycles. The summed E-state index contributed by atoms with van der Waals surface area (Å²) in [6.07, 6.45) is 22.3. The number of nitrogens with one attached hydrogen (secondary N) is 3. The van der Waals surface area contributed by atoms with Crippen LogP contribution in [0.5, 0.6) is 0 Å². The number of hydrogen-bond donors (Lipinski definition) is 3. The molecule has 20 heteroatoms. The molecule has 0 unspecified atom stereocenters. The number of H-pyrrole nitrogens is 1. The fourth-order valence-corrected chi connectivity index (χ4v) is 8.80. The average molecular weight is 1610 g/mol. The second kappa shape index (κ2) is 78.6. The fourth-order valence-electron chi connectivity index (χ4n) is 8.80. The van der Waals surface area contributed by atoms with Crippen LogP contribution in [-0.2, 0) is 6.42 Å². The summed E-state index contributed by atoms with van der Waals surface area (Å²) in [5.41, 5.74) is 13.4. The molecule has 0 saturated carbocycles. The summed E-state index contributed by atoms with van der Waals surface area (Å²) >= 11 is 0. The third kappa shape index (κ3) is 46.8. The highest BCUT2D eigenvalue weighted by Crippen LogP contribution is 2.24. The van der Waals surface area contributed by atoms with Gasteiger partial charge in [-0.1, -0.05) is 300 Å². The van der Waals surface area contributed by atoms with Gasteiger partial charge in [0.2, 0.25) is 11.9 Å². The number of anilines is 4. The third-order valence-electron chi connectivity index (χ3n) is 13.2. The summed E-state index contributed by atoms with van der Waals surface area (Å²) in [6, 6.07) is 76.8. The lowest BCUT2D eigenvalue weighted by Gasteiger charge is -2.06. The van der Waals surface area contributed by atoms with E-state index in [1.165, 1.54) is 6.33 Å². The SMILES string of the molecule is CC.CC.CC.CC.CC.CC.CC.CC.CC.CC.CC.CC.CC1=NN=C(C)C1.c1ccc(-c2cc(-c3ccccc3)[nH]n2)cc1.c1ccc(-c2ccccn2)nc1.c1ccc(Cc2ccccn2)nc1.c1ccc(Nc2ncnc(Nc3ccccn3)n2)cc1.c1cnc(-c2ncccn2)nc1.c1cnc2c(c1)ccc1cccnc12. The zero-order chi connectivity index (χ0) is 89.2. The molecule has 12 heterocycles. The number of para-hydroxylation sites is 1. The molecule has 1 aliphatic rings. The van der Waals surface area contributed by atoms with Gasteiger partial charge in [0.15, 0.2) is 11.6 Å². The number of hydrogen-bond acceptors (Lipinski definition) is 19. The highest BCUT2D eigenvalue weighted by Gasteiger charge is 2.07. The Morgan fingerprint density at radius 2 is 0.639 bits per heavy atom. The molecule has 0 radical (unpaired) electrons. The van der Waals surface area contributed by atoms with Crippen molar-refractivity contribution < 1.29 is 0 Å². The normalized spacial score (nSPS) is 9.19. The third-order valence-corrected chi connectivity index (χ3v) is 13.2. The largest absolute Gasteiger partial charge is 0.324 e. The van der Waals surface area contributed by atoms with Crippen molar-refractivity contribution in [2.75, 3.05) is 10.6 Å². The molecule has 0 bridgehead atoms. The van der Waals surface area contributed by atoms with Crippen molar-refractivity contribution in [2.24, 2.45) is 10.2 Å². The van der Waals surface area contributed by atoms with Crippen molar-refractivity contribution in [1.82, 2.24) is 80.0 Å². The van der Waals surface area contributed by atoms with Crippen molar-refractivity contribution >= 4 is 56.6 Å². The quantitative estimate of drug-likeness (QED) is 0.108. The van der Waals surface area contributed by atoms with Gasteiger partial charge in [0.1, 0.15) is 12.1 Å². The molecule has 16 rings (SSSR count). The number of benzene rings is 4. The van der Waals surface area contributed by atoms with Crippen LogP contribution >= 0.6 is 0 Å². The van der Waals surface area contributed by atoms with Crippen LogP contribution in [0, 0.1) is 0 Å². The van der Waals surface area contributed by atoms with Crippen LogP contribution in [0.25, 0.3) is 67.4 Å². The Balaban J connectivity index is -0.00000128. The van der Waals surface area contributed by atoms with Gasteiger partial charge in [0.05, 0.1) is 33.8 Å². The Bertz CT molecular complexity index is 4340. The Kier molecular flexibility index (Phi) is 72.7. The predicted molar refractivity (Wildman–Crippen MR) is 512 cm³/mol. The molecule has 632 valence electrons. The van der Waals surface area contributed by atoms with Gasteiger partial charge in [-0.25, -0.2) is 34.9 Å². The predicted octanol–water partition coefficient (Wildman–Crippen LogP) is 28.0. The Morgan fingerprint density at radius 1 is 0.286 bits per heavy atom. The maximum Gasteiger partial charge on any atom is 0.233 e. The molecule has 4 aromatic carbocycles. The lowest BCUT2D eigenvalue weighted by atomic mass is 10.1. The lowest BCUT2D eigenvalue weighted by molar-refractivity contribution is 1.01. The van der Waals surface area contributed by atoms with E-state index in [1.54, 1.807) is 80.3 Å². The molecule has 0 spiro atoms. The maximum atomic E-state index is 4.35. The summed E-state index contributed by atoms with van der Waals surface area (Å²) in [7, 11) is 0. The van der Waals surface area contributed by atoms with E-state index in [2.05, 4.69) is 155 Å². The first-order chi connectivity index (χ1) is 59.0. The van der Waals surface area contributed by atoms with Gasteiger partial charge in [0, 0.05) is 126 Å². The first-order valence-electron chi connectivity index (χ1n) is 42.1. The molecule has 0 saturated heterocycles. The summed E-state index contributed by atoms with van der Waals surface area (Å²) < 4.78 is 0. The molecule has 1 aliphatic heterocycles. The van der Waals surface area contributed by atoms with E-state index in [4.69, 9.17) is 0 Å². The molecular weight excluding hydrogens is 1470 g/mol. The average Bonchev–Trinajstić information content (AvgIpc) is 1.28. The molecule has 15 aromatic rings. The van der Waals surface area contributed by atoms with E-state index in [0.29, 0.717) is 29.4 Å². The van der Waals surface area contributed by atoms with Crippen LogP contribution in [0.15, 0.2) is 321 Å². The maximum absolute atomic E-state index is 4.35. The number of fused-ring (bicyclic) bond motifs is 3. The molecule has 0 atom stereocenters. The first kappa shape index (κ1) is 110. The fraction of sp³-hybridized carbons (Fsp3) is 0.283. The number of nitrogens with zero attached hydrogens (tertiary/aromatic N) is 17. The Morgan fingerprint density at radius 3 is 1.01 bits per heavy atom. The van der Waals surface area contributed by atoms with E-state index in [0.717, 1.165) is 97.0 Å². The molecule has 119 heavy (non-hydrogen) atoms. The Hall–Kier alpha value is -13.2. The van der Waals surface area contributed by atoms with E-state index in [-0.39, 0.29) is 0 Å². The van der Waals surface area contributed by atoms with Crippen molar-refractivity contribution in [3.63, 3.8) is 0 Å². The minimum Gasteiger partial charge on any atom is -0.324 e. The Labute approximate surface area is 714 Å². The second-order valence-electron chi connectivity index (χ2n) is 20.3. The molecule has 0 fully saturated rings. The van der Waals surface area contributed by atoms with Gasteiger partial charge in [-0.2, -0.15) is 20.3 Å². The van der Waals surface area contributed by atoms with Gasteiger partial charge in [-0.05, 0) is 123 Å². The van der Waals surface area contributed by atoms with E-state index < -0.39 is 0 Å². The minimum atomic E-state index is 0.442. The monoisotopic (exact) mass is 1610 g/mol. The molecular formula is C99H136N20. The van der Waals surface area contributed by atoms with Crippen molar-refractivity contribution in [1.29, 1.82) is 0 Å². The lowest BCUT2D eigenvalue weighted by Crippen LogP contribution is -2.03. The van der Waals surface area contributed by atoms with Gasteiger partial charge in [0.25, 0.3) is 0 Å². The standard InChI is InChI=1S/C15H12N2.C14H12N6.C12H8N2.C11H10N2.C10H8N2.C8H6N4.C5H8N2.12C2H6/c1-3-7-12(8-4-1)14-11-15(17-16-14)13-9-5-2-6-10-13;1-2-6-11(7-3-1)18-13-16-10-17-14(20-13)19-12-8-4-5-9-15-12;1-3-9-5-6-10-4-2-8-14-12(10)11(9)13-7-1;1-3-7-12-10(5-1)9-11-6-2-4-8-13-11;1-3-7-11-9(5-1)10-6-2-4-8-12-10;1-3-9-7(10-4-1)8-11-5-2-6-12-8;1-4-3-5(2)7-6-4;12*1-2/h1-11H,(H,16,17);1-10H,(H2,15,16,17,18,19,20);1-8H;1-8H,9H2;1-8H;1-6H;3H2,1-2H3;12*1-2H3. The van der Waals surface area contributed by atoms with Crippen LogP contribution in [0.3, 0.4) is 0 Å². The highest BCUT2D eigenvalue weighted by atomic mass is 15.2. The zero-order valence-electron chi connectivity index (χ0n) is 76.0. The van der Waals surface area contributed by atoms with Crippen molar-refractivity contribution in [2.45, 2.75) is 193 Å². The van der Waals surface area contributed by atoms with Crippen LogP contribution < -0.4 is 10.6 Å². The zero-order valence-corrected chi connectivity index (χ0v) is 76.0. The number of aromatic nitrogens is 16. The van der Waals surface area contributed by atoms with Crippen molar-refractivity contribution in [3.8, 4) is 45.6 Å². The van der Waals surface area contributed by atoms with Gasteiger partial charge < -0.3 is 10.6 Å². The van der Waals surface area contributed by atoms with Crippen LogP contribution in [-0.4, -0.2) is 91.4 Å². The highest BCUT2D eigenvalue weighted by molar-refractivity contribution is 6.05. The molecule has 0 amide bonds. The minimum absolute atomic E-state index is 0.442. The summed E-state index contributed by atoms with van der Waals surface area (Å²) in [6.45, 7) is 52.0. The van der Waals surface area contributed by atoms with Crippen LogP contribution in [0.2, 0.25) is 0 Å². The topological polar surface area (TPSA) is 258 Å². The van der Waals surface area contributed by atoms with Gasteiger partial charge in [-0.3, -0.25) is 35.0 Å². The van der Waals surface area contributed by atoms with Crippen LogP contribution in [0.4, 0.5) is 23.4 Å². The molecule has 11 aromatic heterocycles. The van der Waals surface area contributed by atoms with E-state index >= 15 is 0 Å². The van der Waals surface area contributed by atoms with Gasteiger partial charge >= 0.3 is 0 Å². The summed E-state index contributed by atoms with van der Waals surface area (Å²) in [4.78, 5) is 58.2. The molecule has 20 nitrogen and oxygen atoms in total. The smallest absolute Gasteiger partial charge is 0.233 e. The van der Waals surface area contributed by atoms with Gasteiger partial charge in [-0.15, -0.1) is 0 Å². The summed E-state index contributed by atoms with van der Waals surface area (Å²) in [5.74, 6) is 2.71. The second-order valence-corrected chi connectivity index (χ2v) is 20.3. The number of rotatable bonds is 10. The number of aromatic amines is 1. The molecule has 3 N–H and O–H groups in total. The van der Waals surface area contributed by atoms with Crippen LogP contribution in [0.1, 0.15) is 198 Å². The van der Waals surface area contributed by atoms with Crippen molar-refractivity contribution in [3.05, 3.63) is 322 Å². The number of pyridine rings is 7. The van der Waals surface area contributed by atoms with E-state index in [9.17, 15) is 0 Å².